The number of nitrogens with zero attached hydrogens (tertiary/aromatic N) is 1. The summed E-state index contributed by atoms with van der Waals surface area (Å²) < 4.78 is 28.9. The summed E-state index contributed by atoms with van der Waals surface area (Å²) in [6.07, 6.45) is -3.02. The lowest BCUT2D eigenvalue weighted by molar-refractivity contribution is 0.0596. The Morgan fingerprint density at radius 3 is 2.73 bits per heavy atom. The van der Waals surface area contributed by atoms with Crippen LogP contribution in [0, 0.1) is 0 Å². The Bertz CT molecular complexity index is 398. The molecule has 0 spiro atoms. The number of carbonyl (C=O) groups excluding carboxylic acids is 1. The highest BCUT2D eigenvalue weighted by Crippen LogP contribution is 2.31. The Balaban J connectivity index is 3.34. The van der Waals surface area contributed by atoms with Crippen LogP contribution in [0.15, 0.2) is 6.07 Å². The maximum atomic E-state index is 12.3. The zero-order chi connectivity index (χ0) is 11.6. The van der Waals surface area contributed by atoms with E-state index in [1.54, 1.807) is 0 Å². The third kappa shape index (κ3) is 2.33. The normalized spacial score (nSPS) is 10.5. The largest absolute Gasteiger partial charge is 0.505 e. The molecule has 0 atom stereocenters. The fourth-order valence-electron chi connectivity index (χ4n) is 0.943. The maximum absolute atomic E-state index is 12.3. The van der Waals surface area contributed by atoms with Crippen LogP contribution in [0.2, 0.25) is 5.15 Å². The molecule has 1 rings (SSSR count). The summed E-state index contributed by atoms with van der Waals surface area (Å²) in [6.45, 7) is 0. The average Bonchev–Trinajstić information content (AvgIpc) is 2.19. The lowest BCUT2D eigenvalue weighted by Crippen LogP contribution is -2.05. The van der Waals surface area contributed by atoms with Gasteiger partial charge in [-0.25, -0.2) is 18.6 Å². The van der Waals surface area contributed by atoms with Crippen LogP contribution in [0.3, 0.4) is 0 Å². The van der Waals surface area contributed by atoms with Gasteiger partial charge in [0, 0.05) is 0 Å². The summed E-state index contributed by atoms with van der Waals surface area (Å²) in [7, 11) is 1.05. The summed E-state index contributed by atoms with van der Waals surface area (Å²) in [5.74, 6) is -1.88. The van der Waals surface area contributed by atoms with E-state index in [4.69, 9.17) is 11.6 Å². The van der Waals surface area contributed by atoms with Gasteiger partial charge in [0.25, 0.3) is 6.43 Å². The fraction of sp³-hybridized carbons (Fsp3) is 0.250. The Kier molecular flexibility index (Phi) is 3.41. The van der Waals surface area contributed by atoms with Crippen LogP contribution >= 0.6 is 11.6 Å². The molecule has 1 aromatic heterocycles. The van der Waals surface area contributed by atoms with Crippen LogP contribution < -0.4 is 0 Å². The molecule has 0 unspecified atom stereocenters. The number of alkyl halides is 2. The van der Waals surface area contributed by atoms with Crippen LogP contribution in [-0.2, 0) is 4.74 Å². The first-order valence-electron chi connectivity index (χ1n) is 3.73. The lowest BCUT2D eigenvalue weighted by Gasteiger charge is -2.07. The standard InChI is InChI=1S/C8H6ClF2NO3/c1-15-8(14)3-2-4(9)12-5(6(3)13)7(10)11/h2,7,13H,1H3. The monoisotopic (exact) mass is 237 g/mol. The minimum absolute atomic E-state index is 0.316. The van der Waals surface area contributed by atoms with Crippen molar-refractivity contribution < 1.29 is 23.4 Å². The molecule has 1 aromatic rings. The Morgan fingerprint density at radius 2 is 2.27 bits per heavy atom. The van der Waals surface area contributed by atoms with Gasteiger partial charge in [-0.15, -0.1) is 0 Å². The highest BCUT2D eigenvalue weighted by molar-refractivity contribution is 6.29. The topological polar surface area (TPSA) is 59.4 Å². The van der Waals surface area contributed by atoms with Crippen LogP contribution in [0.1, 0.15) is 22.5 Å². The molecule has 0 saturated carbocycles. The van der Waals surface area contributed by atoms with Gasteiger partial charge in [0.1, 0.15) is 10.7 Å². The third-order valence-electron chi connectivity index (χ3n) is 1.60. The number of halogens is 3. The van der Waals surface area contributed by atoms with Crippen molar-refractivity contribution in [3.8, 4) is 5.75 Å². The number of pyridine rings is 1. The van der Waals surface area contributed by atoms with Crippen molar-refractivity contribution >= 4 is 17.6 Å². The van der Waals surface area contributed by atoms with Gasteiger partial charge in [-0.1, -0.05) is 11.6 Å². The number of carbonyl (C=O) groups is 1. The highest BCUT2D eigenvalue weighted by Gasteiger charge is 2.23. The van der Waals surface area contributed by atoms with E-state index in [9.17, 15) is 18.7 Å². The quantitative estimate of drug-likeness (QED) is 0.633. The summed E-state index contributed by atoms with van der Waals surface area (Å²) in [6, 6.07) is 0.953. The van der Waals surface area contributed by atoms with Crippen molar-refractivity contribution in [1.29, 1.82) is 0 Å². The summed E-state index contributed by atoms with van der Waals surface area (Å²) in [5, 5.41) is 8.97. The predicted molar refractivity (Wildman–Crippen MR) is 47.2 cm³/mol. The van der Waals surface area contributed by atoms with Crippen molar-refractivity contribution in [2.45, 2.75) is 6.43 Å². The van der Waals surface area contributed by atoms with E-state index in [1.165, 1.54) is 0 Å². The molecule has 0 bridgehead atoms. The molecule has 82 valence electrons. The second-order valence-corrected chi connectivity index (χ2v) is 2.91. The van der Waals surface area contributed by atoms with Crippen molar-refractivity contribution in [3.05, 3.63) is 22.5 Å². The van der Waals surface area contributed by atoms with E-state index in [2.05, 4.69) is 9.72 Å². The Hall–Kier alpha value is -1.43. The minimum atomic E-state index is -3.02. The molecule has 1 heterocycles. The number of aromatic hydroxyl groups is 1. The van der Waals surface area contributed by atoms with Crippen LogP contribution in [-0.4, -0.2) is 23.2 Å². The molecular weight excluding hydrogens is 232 g/mol. The molecule has 0 aliphatic heterocycles. The molecule has 0 saturated heterocycles. The van der Waals surface area contributed by atoms with Crippen LogP contribution in [0.4, 0.5) is 8.78 Å². The number of esters is 1. The fourth-order valence-corrected chi connectivity index (χ4v) is 1.14. The molecule has 0 amide bonds. The molecular formula is C8H6ClF2NO3. The molecule has 1 N–H and O–H groups in total. The van der Waals surface area contributed by atoms with Crippen LogP contribution in [0.5, 0.6) is 5.75 Å². The van der Waals surface area contributed by atoms with Crippen molar-refractivity contribution in [3.63, 3.8) is 0 Å². The van der Waals surface area contributed by atoms with Crippen LogP contribution in [0.25, 0.3) is 0 Å². The minimum Gasteiger partial charge on any atom is -0.505 e. The summed E-state index contributed by atoms with van der Waals surface area (Å²) >= 11 is 5.40. The van der Waals surface area contributed by atoms with E-state index < -0.39 is 29.4 Å². The average molecular weight is 238 g/mol. The van der Waals surface area contributed by atoms with Crippen molar-refractivity contribution in [2.24, 2.45) is 0 Å². The van der Waals surface area contributed by atoms with Gasteiger partial charge in [0.15, 0.2) is 11.4 Å². The number of methoxy groups -OCH3 is 1. The van der Waals surface area contributed by atoms with E-state index >= 15 is 0 Å². The number of aromatic nitrogens is 1. The van der Waals surface area contributed by atoms with Gasteiger partial charge in [-0.3, -0.25) is 0 Å². The summed E-state index contributed by atoms with van der Waals surface area (Å²) in [4.78, 5) is 14.3. The van der Waals surface area contributed by atoms with E-state index in [-0.39, 0.29) is 5.15 Å². The Morgan fingerprint density at radius 1 is 1.67 bits per heavy atom. The molecule has 7 heteroatoms. The van der Waals surface area contributed by atoms with Gasteiger partial charge in [-0.2, -0.15) is 0 Å². The number of ether oxygens (including phenoxy) is 1. The zero-order valence-electron chi connectivity index (χ0n) is 7.50. The zero-order valence-corrected chi connectivity index (χ0v) is 8.26. The van der Waals surface area contributed by atoms with Crippen molar-refractivity contribution in [1.82, 2.24) is 4.98 Å². The second-order valence-electron chi connectivity index (χ2n) is 2.52. The third-order valence-corrected chi connectivity index (χ3v) is 1.79. The maximum Gasteiger partial charge on any atom is 0.341 e. The molecule has 0 radical (unpaired) electrons. The van der Waals surface area contributed by atoms with Crippen molar-refractivity contribution in [2.75, 3.05) is 7.11 Å². The first-order valence-corrected chi connectivity index (χ1v) is 4.11. The smallest absolute Gasteiger partial charge is 0.341 e. The first kappa shape index (κ1) is 11.6. The van der Waals surface area contributed by atoms with Gasteiger partial charge in [-0.05, 0) is 6.07 Å². The lowest BCUT2D eigenvalue weighted by atomic mass is 10.2. The number of hydrogen-bond acceptors (Lipinski definition) is 4. The van der Waals surface area contributed by atoms with Gasteiger partial charge >= 0.3 is 5.97 Å². The number of rotatable bonds is 2. The predicted octanol–water partition coefficient (Wildman–Crippen LogP) is 2.16. The van der Waals surface area contributed by atoms with E-state index in [0.717, 1.165) is 13.2 Å². The Labute approximate surface area is 88.4 Å². The van der Waals surface area contributed by atoms with E-state index in [1.807, 2.05) is 0 Å². The molecule has 0 aliphatic carbocycles. The molecule has 0 aliphatic rings. The second kappa shape index (κ2) is 4.39. The molecule has 0 fully saturated rings. The summed E-state index contributed by atoms with van der Waals surface area (Å²) in [5.41, 5.74) is -1.38. The van der Waals surface area contributed by atoms with Gasteiger partial charge < -0.3 is 9.84 Å². The first-order chi connectivity index (χ1) is 6.97. The van der Waals surface area contributed by atoms with Gasteiger partial charge in [0.2, 0.25) is 0 Å². The highest BCUT2D eigenvalue weighted by atomic mass is 35.5. The van der Waals surface area contributed by atoms with E-state index in [0.29, 0.717) is 0 Å². The van der Waals surface area contributed by atoms with Gasteiger partial charge in [0.05, 0.1) is 7.11 Å². The molecule has 4 nitrogen and oxygen atoms in total. The molecule has 15 heavy (non-hydrogen) atoms. The number of hydrogen-bond donors (Lipinski definition) is 1. The SMILES string of the molecule is COC(=O)c1cc(Cl)nc(C(F)F)c1O. The molecule has 0 aromatic carbocycles.